The minimum atomic E-state index is 0.194. The van der Waals surface area contributed by atoms with E-state index in [2.05, 4.69) is 43.3 Å². The van der Waals surface area contributed by atoms with Gasteiger partial charge in [-0.2, -0.15) is 11.8 Å². The van der Waals surface area contributed by atoms with Crippen LogP contribution >= 0.6 is 11.8 Å². The van der Waals surface area contributed by atoms with E-state index < -0.39 is 0 Å². The van der Waals surface area contributed by atoms with Gasteiger partial charge in [0.25, 0.3) is 0 Å². The average molecular weight is 243 g/mol. The van der Waals surface area contributed by atoms with Gasteiger partial charge in [0.1, 0.15) is 0 Å². The Balaban J connectivity index is 2.22. The second-order valence-electron chi connectivity index (χ2n) is 4.82. The van der Waals surface area contributed by atoms with Gasteiger partial charge in [-0.1, -0.05) is 43.3 Å². The van der Waals surface area contributed by atoms with Crippen LogP contribution in [0.1, 0.15) is 30.5 Å². The number of benzene rings is 2. The first-order valence-electron chi connectivity index (χ1n) is 6.13. The molecule has 2 N–H and O–H groups in total. The third-order valence-corrected chi connectivity index (χ3v) is 4.79. The van der Waals surface area contributed by atoms with Crippen molar-refractivity contribution in [3.05, 3.63) is 47.5 Å². The summed E-state index contributed by atoms with van der Waals surface area (Å²) in [6.45, 7) is 2.28. The largest absolute Gasteiger partial charge is 0.324 e. The van der Waals surface area contributed by atoms with Crippen LogP contribution in [0.5, 0.6) is 0 Å². The van der Waals surface area contributed by atoms with Gasteiger partial charge in [0, 0.05) is 17.0 Å². The minimum absolute atomic E-state index is 0.194. The number of fused-ring (bicyclic) bond motifs is 3. The second-order valence-corrected chi connectivity index (χ2v) is 6.25. The third kappa shape index (κ3) is 1.96. The Morgan fingerprint density at radius 3 is 2.88 bits per heavy atom. The maximum Gasteiger partial charge on any atom is 0.0308 e. The Morgan fingerprint density at radius 1 is 1.18 bits per heavy atom. The Labute approximate surface area is 106 Å². The third-order valence-electron chi connectivity index (χ3n) is 3.57. The molecule has 1 aliphatic heterocycles. The molecule has 2 heteroatoms. The van der Waals surface area contributed by atoms with E-state index in [1.165, 1.54) is 21.9 Å². The molecule has 0 aromatic heterocycles. The predicted molar refractivity (Wildman–Crippen MR) is 76.3 cm³/mol. The Kier molecular flexibility index (Phi) is 2.85. The van der Waals surface area contributed by atoms with Gasteiger partial charge < -0.3 is 5.73 Å². The fourth-order valence-corrected chi connectivity index (χ4v) is 3.76. The number of nitrogens with two attached hydrogens (primary N) is 1. The van der Waals surface area contributed by atoms with Gasteiger partial charge in [-0.3, -0.25) is 0 Å². The molecule has 0 fully saturated rings. The molecule has 2 aromatic carbocycles. The number of hydrogen-bond donors (Lipinski definition) is 1. The van der Waals surface area contributed by atoms with Crippen LogP contribution < -0.4 is 5.73 Å². The van der Waals surface area contributed by atoms with E-state index in [0.29, 0.717) is 5.25 Å². The van der Waals surface area contributed by atoms with Crippen LogP contribution in [0.25, 0.3) is 10.8 Å². The van der Waals surface area contributed by atoms with Gasteiger partial charge in [0.05, 0.1) is 0 Å². The van der Waals surface area contributed by atoms with Crippen LogP contribution in [0.15, 0.2) is 36.4 Å². The zero-order valence-electron chi connectivity index (χ0n) is 10.0. The molecule has 0 spiro atoms. The highest BCUT2D eigenvalue weighted by atomic mass is 32.2. The smallest absolute Gasteiger partial charge is 0.0308 e. The predicted octanol–water partition coefficient (Wildman–Crippen LogP) is 3.87. The summed E-state index contributed by atoms with van der Waals surface area (Å²) in [7, 11) is 0. The standard InChI is InChI=1S/C15H17NS/c1-10-8-15(16)13-7-6-11-4-2-3-5-12(11)14(13)9-17-10/h2-7,10,15H,8-9,16H2,1H3/t10?,15-/m1/s1. The fraction of sp³-hybridized carbons (Fsp3) is 0.333. The first-order valence-corrected chi connectivity index (χ1v) is 7.18. The molecule has 1 unspecified atom stereocenters. The van der Waals surface area contributed by atoms with Crippen molar-refractivity contribution in [2.75, 3.05) is 0 Å². The summed E-state index contributed by atoms with van der Waals surface area (Å²) in [6.07, 6.45) is 1.08. The maximum atomic E-state index is 6.31. The number of hydrogen-bond acceptors (Lipinski definition) is 2. The molecular formula is C15H17NS. The van der Waals surface area contributed by atoms with E-state index in [1.807, 2.05) is 11.8 Å². The lowest BCUT2D eigenvalue weighted by Crippen LogP contribution is -2.14. The molecule has 0 bridgehead atoms. The van der Waals surface area contributed by atoms with E-state index in [-0.39, 0.29) is 6.04 Å². The van der Waals surface area contributed by atoms with E-state index in [4.69, 9.17) is 5.73 Å². The van der Waals surface area contributed by atoms with Crippen molar-refractivity contribution in [1.82, 2.24) is 0 Å². The Morgan fingerprint density at radius 2 is 2.00 bits per heavy atom. The molecule has 1 aliphatic rings. The molecule has 3 rings (SSSR count). The van der Waals surface area contributed by atoms with Crippen LogP contribution in [0.3, 0.4) is 0 Å². The molecule has 88 valence electrons. The van der Waals surface area contributed by atoms with Crippen molar-refractivity contribution in [2.24, 2.45) is 5.73 Å². The Hall–Kier alpha value is -0.990. The lowest BCUT2D eigenvalue weighted by molar-refractivity contribution is 0.652. The van der Waals surface area contributed by atoms with Gasteiger partial charge in [0.15, 0.2) is 0 Å². The van der Waals surface area contributed by atoms with Gasteiger partial charge in [-0.15, -0.1) is 0 Å². The van der Waals surface area contributed by atoms with Gasteiger partial charge in [0.2, 0.25) is 0 Å². The summed E-state index contributed by atoms with van der Waals surface area (Å²) >= 11 is 2.02. The van der Waals surface area contributed by atoms with E-state index in [1.54, 1.807) is 0 Å². The van der Waals surface area contributed by atoms with E-state index in [9.17, 15) is 0 Å². The SMILES string of the molecule is CC1C[C@@H](N)c2ccc3ccccc3c2CS1. The Bertz CT molecular complexity index is 550. The molecule has 0 saturated heterocycles. The number of rotatable bonds is 0. The van der Waals surface area contributed by atoms with Crippen molar-refractivity contribution >= 4 is 22.5 Å². The molecule has 0 radical (unpaired) electrons. The van der Waals surface area contributed by atoms with Crippen LogP contribution in [-0.2, 0) is 5.75 Å². The summed E-state index contributed by atoms with van der Waals surface area (Å²) in [6, 6.07) is 13.2. The normalized spacial score (nSPS) is 24.4. The second kappa shape index (κ2) is 4.35. The van der Waals surface area contributed by atoms with Gasteiger partial charge in [-0.05, 0) is 28.3 Å². The van der Waals surface area contributed by atoms with Crippen molar-refractivity contribution in [2.45, 2.75) is 30.4 Å². The lowest BCUT2D eigenvalue weighted by atomic mass is 9.94. The van der Waals surface area contributed by atoms with Crippen LogP contribution in [0, 0.1) is 0 Å². The van der Waals surface area contributed by atoms with Crippen molar-refractivity contribution in [3.8, 4) is 0 Å². The fourth-order valence-electron chi connectivity index (χ4n) is 2.64. The molecule has 0 aliphatic carbocycles. The first-order chi connectivity index (χ1) is 8.25. The molecule has 1 heterocycles. The highest BCUT2D eigenvalue weighted by Crippen LogP contribution is 2.37. The summed E-state index contributed by atoms with van der Waals surface area (Å²) in [5.41, 5.74) is 9.11. The van der Waals surface area contributed by atoms with Crippen molar-refractivity contribution < 1.29 is 0 Å². The zero-order valence-corrected chi connectivity index (χ0v) is 10.8. The maximum absolute atomic E-state index is 6.31. The highest BCUT2D eigenvalue weighted by molar-refractivity contribution is 7.99. The number of thioether (sulfide) groups is 1. The van der Waals surface area contributed by atoms with Crippen LogP contribution in [0.2, 0.25) is 0 Å². The van der Waals surface area contributed by atoms with Gasteiger partial charge in [-0.25, -0.2) is 0 Å². The van der Waals surface area contributed by atoms with Gasteiger partial charge >= 0.3 is 0 Å². The summed E-state index contributed by atoms with van der Waals surface area (Å²) in [5, 5.41) is 3.35. The van der Waals surface area contributed by atoms with Crippen molar-refractivity contribution in [3.63, 3.8) is 0 Å². The monoisotopic (exact) mass is 243 g/mol. The quantitative estimate of drug-likeness (QED) is 0.760. The lowest BCUT2D eigenvalue weighted by Gasteiger charge is -2.15. The first kappa shape index (κ1) is 11.1. The molecule has 2 aromatic rings. The molecule has 0 amide bonds. The van der Waals surface area contributed by atoms with E-state index in [0.717, 1.165) is 12.2 Å². The highest BCUT2D eigenvalue weighted by Gasteiger charge is 2.21. The summed E-state index contributed by atoms with van der Waals surface area (Å²) < 4.78 is 0. The summed E-state index contributed by atoms with van der Waals surface area (Å²) in [4.78, 5) is 0. The molecule has 1 nitrogen and oxygen atoms in total. The zero-order chi connectivity index (χ0) is 11.8. The summed E-state index contributed by atoms with van der Waals surface area (Å²) in [5.74, 6) is 1.09. The van der Waals surface area contributed by atoms with Crippen molar-refractivity contribution in [1.29, 1.82) is 0 Å². The van der Waals surface area contributed by atoms with Crippen LogP contribution in [0.4, 0.5) is 0 Å². The molecular weight excluding hydrogens is 226 g/mol. The topological polar surface area (TPSA) is 26.0 Å². The van der Waals surface area contributed by atoms with E-state index >= 15 is 0 Å². The van der Waals surface area contributed by atoms with Crippen LogP contribution in [-0.4, -0.2) is 5.25 Å². The molecule has 17 heavy (non-hydrogen) atoms. The minimum Gasteiger partial charge on any atom is -0.324 e. The molecule has 0 saturated carbocycles. The molecule has 2 atom stereocenters. The average Bonchev–Trinajstić information content (AvgIpc) is 2.49.